The van der Waals surface area contributed by atoms with Crippen LogP contribution in [-0.4, -0.2) is 114 Å². The highest BCUT2D eigenvalue weighted by molar-refractivity contribution is 5.99. The molecule has 0 radical (unpaired) electrons. The Hall–Kier alpha value is -5.01. The van der Waals surface area contributed by atoms with E-state index in [1.807, 2.05) is 0 Å². The van der Waals surface area contributed by atoms with E-state index in [-0.39, 0.29) is 38.3 Å². The van der Waals surface area contributed by atoms with Crippen LogP contribution in [0.2, 0.25) is 0 Å². The van der Waals surface area contributed by atoms with E-state index in [0.717, 1.165) is 0 Å². The van der Waals surface area contributed by atoms with Crippen molar-refractivity contribution in [2.45, 2.75) is 102 Å². The normalized spacial score (nSPS) is 23.9. The second-order valence-electron chi connectivity index (χ2n) is 11.1. The molecule has 1 rings (SSSR count). The molecule has 264 valence electrons. The highest BCUT2D eigenvalue weighted by Gasteiger charge is 2.36. The van der Waals surface area contributed by atoms with Gasteiger partial charge in [-0.15, -0.1) is 0 Å². The SMILES string of the molecule is CC(=O)N[C@@H](CCCN=C(N)N)C(=O)NCCCC[C@@H]1NC(=O)[C@H](C(N)C(=O)O)NC(=O)[C@H](C)NC(=O)[C@H](C)NC(=O)[C@H](C)NC1=O. The number of hydrogen-bond donors (Lipinski definition) is 11. The van der Waals surface area contributed by atoms with Gasteiger partial charge in [-0.3, -0.25) is 43.3 Å². The van der Waals surface area contributed by atoms with E-state index in [1.165, 1.54) is 27.7 Å². The Labute approximate surface area is 271 Å². The molecule has 0 aromatic heterocycles. The molecule has 47 heavy (non-hydrogen) atoms. The van der Waals surface area contributed by atoms with Gasteiger partial charge >= 0.3 is 5.97 Å². The summed E-state index contributed by atoms with van der Waals surface area (Å²) in [6.45, 7) is 5.64. The van der Waals surface area contributed by atoms with Crippen molar-refractivity contribution < 1.29 is 43.5 Å². The number of unbranched alkanes of at least 4 members (excludes halogenated alkanes) is 1. The molecule has 7 amide bonds. The Balaban J connectivity index is 3.06. The van der Waals surface area contributed by atoms with E-state index in [0.29, 0.717) is 12.8 Å². The minimum absolute atomic E-state index is 0.0365. The van der Waals surface area contributed by atoms with E-state index in [9.17, 15) is 43.5 Å². The van der Waals surface area contributed by atoms with E-state index in [4.69, 9.17) is 17.2 Å². The van der Waals surface area contributed by atoms with Crippen molar-refractivity contribution >= 4 is 53.3 Å². The lowest BCUT2D eigenvalue weighted by Gasteiger charge is -2.26. The summed E-state index contributed by atoms with van der Waals surface area (Å²) >= 11 is 0. The largest absolute Gasteiger partial charge is 0.480 e. The van der Waals surface area contributed by atoms with Crippen LogP contribution in [0.4, 0.5) is 0 Å². The van der Waals surface area contributed by atoms with E-state index < -0.39 is 89.6 Å². The lowest BCUT2D eigenvalue weighted by Crippen LogP contribution is -2.63. The molecule has 1 unspecified atom stereocenters. The Bertz CT molecular complexity index is 1210. The summed E-state index contributed by atoms with van der Waals surface area (Å²) in [6.07, 6.45) is 1.19. The minimum Gasteiger partial charge on any atom is -0.480 e. The molecule has 1 heterocycles. The molecule has 0 saturated carbocycles. The summed E-state index contributed by atoms with van der Waals surface area (Å²) in [5, 5.41) is 26.5. The van der Waals surface area contributed by atoms with Crippen LogP contribution < -0.4 is 54.4 Å². The van der Waals surface area contributed by atoms with Gasteiger partial charge in [-0.05, 0) is 52.9 Å². The fraction of sp³-hybridized carbons (Fsp3) is 0.667. The number of aliphatic carboxylic acids is 1. The zero-order valence-corrected chi connectivity index (χ0v) is 26.9. The van der Waals surface area contributed by atoms with Crippen molar-refractivity contribution in [2.24, 2.45) is 22.2 Å². The van der Waals surface area contributed by atoms with Gasteiger partial charge in [0.05, 0.1) is 0 Å². The number of carbonyl (C=O) groups excluding carboxylic acids is 7. The van der Waals surface area contributed by atoms with Crippen LogP contribution in [0, 0.1) is 0 Å². The number of hydrogen-bond acceptors (Lipinski definition) is 10. The third-order valence-corrected chi connectivity index (χ3v) is 6.97. The number of nitrogens with zero attached hydrogens (tertiary/aromatic N) is 1. The van der Waals surface area contributed by atoms with E-state index in [1.54, 1.807) is 0 Å². The number of guanidine groups is 1. The molecule has 0 aromatic carbocycles. The highest BCUT2D eigenvalue weighted by atomic mass is 16.4. The average molecular weight is 670 g/mol. The van der Waals surface area contributed by atoms with Crippen molar-refractivity contribution in [2.75, 3.05) is 13.1 Å². The maximum atomic E-state index is 13.2. The van der Waals surface area contributed by atoms with Crippen LogP contribution in [0.15, 0.2) is 4.99 Å². The molecule has 1 fully saturated rings. The van der Waals surface area contributed by atoms with Gasteiger partial charge in [-0.1, -0.05) is 0 Å². The first-order valence-electron chi connectivity index (χ1n) is 15.0. The molecule has 1 aliphatic heterocycles. The van der Waals surface area contributed by atoms with Crippen molar-refractivity contribution in [1.29, 1.82) is 0 Å². The van der Waals surface area contributed by atoms with Gasteiger partial charge in [0.2, 0.25) is 41.4 Å². The van der Waals surface area contributed by atoms with E-state index >= 15 is 0 Å². The molecule has 0 aromatic rings. The molecule has 0 aliphatic carbocycles. The summed E-state index contributed by atoms with van der Waals surface area (Å²) in [5.41, 5.74) is 16.3. The Morgan fingerprint density at radius 2 is 1.34 bits per heavy atom. The molecule has 14 N–H and O–H groups in total. The van der Waals surface area contributed by atoms with Crippen molar-refractivity contribution in [3.63, 3.8) is 0 Å². The third kappa shape index (κ3) is 14.3. The van der Waals surface area contributed by atoms with Crippen LogP contribution in [0.1, 0.15) is 59.8 Å². The fourth-order valence-corrected chi connectivity index (χ4v) is 4.28. The summed E-state index contributed by atoms with van der Waals surface area (Å²) in [6, 6.07) is -9.46. The first-order valence-corrected chi connectivity index (χ1v) is 15.0. The number of aliphatic imine (C=N–C) groups is 1. The van der Waals surface area contributed by atoms with Crippen molar-refractivity contribution in [1.82, 2.24) is 37.2 Å². The lowest BCUT2D eigenvalue weighted by molar-refractivity contribution is -0.143. The number of nitrogens with one attached hydrogen (secondary N) is 7. The summed E-state index contributed by atoms with van der Waals surface area (Å²) in [5.74, 6) is -6.92. The molecular formula is C27H47N11O9. The Morgan fingerprint density at radius 3 is 1.85 bits per heavy atom. The average Bonchev–Trinajstić information content (AvgIpc) is 2.98. The Kier molecular flexibility index (Phi) is 16.6. The predicted molar refractivity (Wildman–Crippen MR) is 167 cm³/mol. The quantitative estimate of drug-likeness (QED) is 0.0498. The number of nitrogens with two attached hydrogens (primary N) is 3. The van der Waals surface area contributed by atoms with Gasteiger partial charge in [0.1, 0.15) is 42.3 Å². The van der Waals surface area contributed by atoms with Crippen LogP contribution in [0.25, 0.3) is 0 Å². The molecule has 20 nitrogen and oxygen atoms in total. The third-order valence-electron chi connectivity index (χ3n) is 6.97. The predicted octanol–water partition coefficient (Wildman–Crippen LogP) is -5.26. The Morgan fingerprint density at radius 1 is 0.809 bits per heavy atom. The van der Waals surface area contributed by atoms with Gasteiger partial charge in [-0.25, -0.2) is 0 Å². The molecule has 1 saturated heterocycles. The maximum Gasteiger partial charge on any atom is 0.323 e. The molecule has 0 spiro atoms. The second kappa shape index (κ2) is 19.5. The molecule has 7 atom stereocenters. The van der Waals surface area contributed by atoms with Gasteiger partial charge in [0.25, 0.3) is 0 Å². The number of rotatable bonds is 13. The topological polar surface area (TPSA) is 331 Å². The number of amides is 7. The summed E-state index contributed by atoms with van der Waals surface area (Å²) < 4.78 is 0. The minimum atomic E-state index is -1.92. The van der Waals surface area contributed by atoms with Crippen molar-refractivity contribution in [3.8, 4) is 0 Å². The number of carbonyl (C=O) groups is 8. The smallest absolute Gasteiger partial charge is 0.323 e. The molecule has 0 bridgehead atoms. The summed E-state index contributed by atoms with van der Waals surface area (Å²) in [4.78, 5) is 104. The van der Waals surface area contributed by atoms with Crippen molar-refractivity contribution in [3.05, 3.63) is 0 Å². The van der Waals surface area contributed by atoms with Gasteiger partial charge in [0.15, 0.2) is 5.96 Å². The second-order valence-corrected chi connectivity index (χ2v) is 11.1. The van der Waals surface area contributed by atoms with Crippen LogP contribution in [0.5, 0.6) is 0 Å². The summed E-state index contributed by atoms with van der Waals surface area (Å²) in [7, 11) is 0. The standard InChI is InChI=1S/C27H47N11O9/c1-12-20(40)34-14(3)22(42)38-19(18(28)26(46)47)25(45)37-17(24(44)35-13(2)21(41)33-12)8-5-6-10-31-23(43)16(36-15(4)39)9-7-11-32-27(29)30/h12-14,16-19H,5-11,28H2,1-4H3,(H,31,43)(H,33,41)(H,34,40)(H,35,44)(H,36,39)(H,37,45)(H,38,42)(H,46,47)(H4,29,30,32)/t12-,13-,14-,16-,17-,18?,19-/m0/s1. The van der Waals surface area contributed by atoms with Crippen LogP contribution in [0.3, 0.4) is 0 Å². The van der Waals surface area contributed by atoms with Gasteiger partial charge < -0.3 is 59.5 Å². The zero-order chi connectivity index (χ0) is 35.8. The number of carboxylic acids is 1. The highest BCUT2D eigenvalue weighted by Crippen LogP contribution is 2.06. The van der Waals surface area contributed by atoms with Crippen LogP contribution >= 0.6 is 0 Å². The zero-order valence-electron chi connectivity index (χ0n) is 26.9. The molecule has 1 aliphatic rings. The van der Waals surface area contributed by atoms with E-state index in [2.05, 4.69) is 42.2 Å². The fourth-order valence-electron chi connectivity index (χ4n) is 4.28. The molecular weight excluding hydrogens is 622 g/mol. The monoisotopic (exact) mass is 669 g/mol. The number of carboxylic acid groups (broad SMARTS) is 1. The lowest BCUT2D eigenvalue weighted by atomic mass is 10.0. The molecule has 20 heteroatoms. The first kappa shape index (κ1) is 40.0. The van der Waals surface area contributed by atoms with Gasteiger partial charge in [0, 0.05) is 20.0 Å². The van der Waals surface area contributed by atoms with Gasteiger partial charge in [-0.2, -0.15) is 0 Å². The maximum absolute atomic E-state index is 13.2. The van der Waals surface area contributed by atoms with Crippen LogP contribution in [-0.2, 0) is 38.4 Å². The first-order chi connectivity index (χ1) is 21.9.